The molecule has 3 amide bonds. The molecule has 38 heavy (non-hydrogen) atoms. The van der Waals surface area contributed by atoms with E-state index in [0.717, 1.165) is 5.56 Å². The molecule has 0 radical (unpaired) electrons. The number of methoxy groups -OCH3 is 2. The molecule has 4 heterocycles. The van der Waals surface area contributed by atoms with Crippen LogP contribution in [-0.4, -0.2) is 53.4 Å². The van der Waals surface area contributed by atoms with Crippen molar-refractivity contribution < 1.29 is 23.9 Å². The predicted octanol–water partition coefficient (Wildman–Crippen LogP) is 2.07. The van der Waals surface area contributed by atoms with Crippen molar-refractivity contribution in [1.29, 1.82) is 5.26 Å². The van der Waals surface area contributed by atoms with Gasteiger partial charge in [-0.25, -0.2) is 4.98 Å². The van der Waals surface area contributed by atoms with Crippen LogP contribution in [-0.2, 0) is 16.1 Å². The Morgan fingerprint density at radius 2 is 1.95 bits per heavy atom. The molecule has 1 N–H and O–H groups in total. The van der Waals surface area contributed by atoms with Crippen molar-refractivity contribution in [3.05, 3.63) is 71.2 Å². The lowest BCUT2D eigenvalue weighted by Crippen LogP contribution is -2.42. The molecule has 0 spiro atoms. The van der Waals surface area contributed by atoms with E-state index in [-0.39, 0.29) is 31.1 Å². The Kier molecular flexibility index (Phi) is 6.23. The Labute approximate surface area is 218 Å². The minimum absolute atomic E-state index is 0.0798. The molecule has 188 valence electrons. The van der Waals surface area contributed by atoms with E-state index >= 15 is 0 Å². The molecule has 1 atom stereocenters. The quantitative estimate of drug-likeness (QED) is 0.410. The van der Waals surface area contributed by atoms with E-state index < -0.39 is 17.2 Å². The van der Waals surface area contributed by atoms with Gasteiger partial charge in [-0.05, 0) is 41.8 Å². The maximum atomic E-state index is 13.2. The molecule has 1 saturated heterocycles. The molecule has 2 aromatic heterocycles. The van der Waals surface area contributed by atoms with Gasteiger partial charge in [-0.2, -0.15) is 5.26 Å². The van der Waals surface area contributed by atoms with Gasteiger partial charge < -0.3 is 14.4 Å². The summed E-state index contributed by atoms with van der Waals surface area (Å²) in [4.78, 5) is 48.6. The second-order valence-corrected chi connectivity index (χ2v) is 8.89. The highest BCUT2D eigenvalue weighted by Crippen LogP contribution is 2.34. The highest BCUT2D eigenvalue weighted by atomic mass is 16.5. The van der Waals surface area contributed by atoms with E-state index in [1.807, 2.05) is 6.07 Å². The van der Waals surface area contributed by atoms with Crippen LogP contribution in [0.5, 0.6) is 11.5 Å². The summed E-state index contributed by atoms with van der Waals surface area (Å²) in [6.45, 7) is 0.200. The molecular weight excluding hydrogens is 486 g/mol. The van der Waals surface area contributed by atoms with Crippen molar-refractivity contribution in [3.8, 4) is 40.7 Å². The Hall–Kier alpha value is -5.22. The third kappa shape index (κ3) is 4.40. The summed E-state index contributed by atoms with van der Waals surface area (Å²) in [6, 6.07) is 12.3. The summed E-state index contributed by atoms with van der Waals surface area (Å²) in [5.74, 6) is 5.48. The number of benzene rings is 1. The Morgan fingerprint density at radius 1 is 1.11 bits per heavy atom. The molecule has 0 saturated carbocycles. The lowest BCUT2D eigenvalue weighted by Gasteiger charge is -2.25. The first-order valence-corrected chi connectivity index (χ1v) is 11.6. The average molecular weight is 508 g/mol. The van der Waals surface area contributed by atoms with E-state index in [1.165, 1.54) is 25.3 Å². The van der Waals surface area contributed by atoms with Gasteiger partial charge in [0.1, 0.15) is 17.2 Å². The van der Waals surface area contributed by atoms with E-state index in [4.69, 9.17) is 9.47 Å². The number of hydrogen-bond donors (Lipinski definition) is 1. The number of carbonyl (C=O) groups excluding carboxylic acids is 3. The molecule has 3 aromatic rings. The van der Waals surface area contributed by atoms with Crippen molar-refractivity contribution in [2.45, 2.75) is 13.0 Å². The first-order chi connectivity index (χ1) is 18.4. The highest BCUT2D eigenvalue weighted by molar-refractivity contribution is 6.08. The SMILES string of the molecule is COc1ccc2c(c1)C(=O)N(C[C@@]1(C#Cc3nc(-c4cncc(C#N)c4)ccc3OC)CC(=O)NC1=O)C2. The maximum absolute atomic E-state index is 13.2. The largest absolute Gasteiger partial charge is 0.497 e. The van der Waals surface area contributed by atoms with Crippen LogP contribution in [0.2, 0.25) is 0 Å². The van der Waals surface area contributed by atoms with Gasteiger partial charge in [0.05, 0.1) is 31.9 Å². The number of imide groups is 1. The number of aromatic nitrogens is 2. The number of nitrogens with one attached hydrogen (secondary N) is 1. The number of carbonyl (C=O) groups is 3. The fraction of sp³-hybridized carbons (Fsp3) is 0.214. The lowest BCUT2D eigenvalue weighted by atomic mass is 9.86. The molecule has 0 bridgehead atoms. The van der Waals surface area contributed by atoms with Crippen LogP contribution in [0.25, 0.3) is 11.3 Å². The zero-order valence-electron chi connectivity index (χ0n) is 20.6. The molecule has 2 aliphatic rings. The van der Waals surface area contributed by atoms with Crippen molar-refractivity contribution in [3.63, 3.8) is 0 Å². The fourth-order valence-corrected chi connectivity index (χ4v) is 4.52. The molecular formula is C28H21N5O5. The minimum Gasteiger partial charge on any atom is -0.497 e. The van der Waals surface area contributed by atoms with Crippen LogP contribution in [0.1, 0.15) is 33.6 Å². The smallest absolute Gasteiger partial charge is 0.254 e. The number of ether oxygens (including phenoxy) is 2. The summed E-state index contributed by atoms with van der Waals surface area (Å²) in [5.41, 5.74) is 1.54. The van der Waals surface area contributed by atoms with Crippen molar-refractivity contribution in [1.82, 2.24) is 20.2 Å². The number of nitriles is 1. The average Bonchev–Trinajstić information content (AvgIpc) is 3.40. The normalized spacial score (nSPS) is 17.8. The molecule has 0 aliphatic carbocycles. The van der Waals surface area contributed by atoms with Crippen molar-refractivity contribution >= 4 is 17.7 Å². The topological polar surface area (TPSA) is 135 Å². The maximum Gasteiger partial charge on any atom is 0.254 e. The third-order valence-corrected chi connectivity index (χ3v) is 6.47. The van der Waals surface area contributed by atoms with Gasteiger partial charge in [0, 0.05) is 36.6 Å². The zero-order valence-corrected chi connectivity index (χ0v) is 20.6. The van der Waals surface area contributed by atoms with Crippen molar-refractivity contribution in [2.24, 2.45) is 5.41 Å². The monoisotopic (exact) mass is 507 g/mol. The summed E-state index contributed by atoms with van der Waals surface area (Å²) < 4.78 is 10.6. The van der Waals surface area contributed by atoms with Crippen LogP contribution in [0, 0.1) is 28.6 Å². The van der Waals surface area contributed by atoms with Crippen LogP contribution >= 0.6 is 0 Å². The standard InChI is InChI=1S/C28H21N5O5/c1-37-20-4-3-18-15-33(26(35)21(18)10-20)16-28(11-25(34)32-27(28)36)8-7-23-24(38-2)6-5-22(31-23)19-9-17(12-29)13-30-14-19/h3-6,9-10,13-14H,11,15-16H2,1-2H3,(H,32,34,36)/t28-/m1/s1. The summed E-state index contributed by atoms with van der Waals surface area (Å²) in [5, 5.41) is 11.5. The van der Waals surface area contributed by atoms with Gasteiger partial charge >= 0.3 is 0 Å². The number of rotatable bonds is 5. The lowest BCUT2D eigenvalue weighted by molar-refractivity contribution is -0.127. The zero-order chi connectivity index (χ0) is 26.9. The molecule has 10 heteroatoms. The van der Waals surface area contributed by atoms with Gasteiger partial charge in [0.2, 0.25) is 11.8 Å². The summed E-state index contributed by atoms with van der Waals surface area (Å²) in [7, 11) is 2.99. The minimum atomic E-state index is -1.47. The van der Waals surface area contributed by atoms with Crippen LogP contribution in [0.15, 0.2) is 48.8 Å². The first-order valence-electron chi connectivity index (χ1n) is 11.6. The van der Waals surface area contributed by atoms with Gasteiger partial charge in [0.25, 0.3) is 5.91 Å². The van der Waals surface area contributed by atoms with Crippen LogP contribution in [0.3, 0.4) is 0 Å². The first kappa shape index (κ1) is 24.5. The molecule has 2 aliphatic heterocycles. The van der Waals surface area contributed by atoms with E-state index in [9.17, 15) is 19.6 Å². The number of amides is 3. The van der Waals surface area contributed by atoms with Crippen molar-refractivity contribution in [2.75, 3.05) is 20.8 Å². The Bertz CT molecular complexity index is 1600. The van der Waals surface area contributed by atoms with Gasteiger partial charge in [-0.1, -0.05) is 12.0 Å². The van der Waals surface area contributed by atoms with Gasteiger partial charge in [-0.15, -0.1) is 0 Å². The van der Waals surface area contributed by atoms with E-state index in [2.05, 4.69) is 27.1 Å². The second kappa shape index (κ2) is 9.68. The number of nitrogens with zero attached hydrogens (tertiary/aromatic N) is 4. The van der Waals surface area contributed by atoms with Gasteiger partial charge in [0.15, 0.2) is 11.4 Å². The number of pyridine rings is 2. The summed E-state index contributed by atoms with van der Waals surface area (Å²) in [6.07, 6.45) is 2.82. The van der Waals surface area contributed by atoms with Crippen LogP contribution in [0.4, 0.5) is 0 Å². The molecule has 1 fully saturated rings. The van der Waals surface area contributed by atoms with Crippen LogP contribution < -0.4 is 14.8 Å². The fourth-order valence-electron chi connectivity index (χ4n) is 4.52. The molecule has 10 nitrogen and oxygen atoms in total. The third-order valence-electron chi connectivity index (χ3n) is 6.47. The second-order valence-electron chi connectivity index (χ2n) is 8.89. The molecule has 1 aromatic carbocycles. The Morgan fingerprint density at radius 3 is 2.66 bits per heavy atom. The van der Waals surface area contributed by atoms with E-state index in [0.29, 0.717) is 33.9 Å². The highest BCUT2D eigenvalue weighted by Gasteiger charge is 2.48. The van der Waals surface area contributed by atoms with E-state index in [1.54, 1.807) is 42.6 Å². The van der Waals surface area contributed by atoms with Gasteiger partial charge in [-0.3, -0.25) is 24.7 Å². The molecule has 0 unspecified atom stereocenters. The number of hydrogen-bond acceptors (Lipinski definition) is 8. The number of fused-ring (bicyclic) bond motifs is 1. The molecule has 5 rings (SSSR count). The predicted molar refractivity (Wildman–Crippen MR) is 134 cm³/mol. The Balaban J connectivity index is 1.51. The summed E-state index contributed by atoms with van der Waals surface area (Å²) >= 11 is 0.